The van der Waals surface area contributed by atoms with Crippen LogP contribution < -0.4 is 5.73 Å². The van der Waals surface area contributed by atoms with Crippen molar-refractivity contribution in [2.75, 3.05) is 6.54 Å². The van der Waals surface area contributed by atoms with E-state index in [2.05, 4.69) is 54.6 Å². The number of imidazole rings is 1. The van der Waals surface area contributed by atoms with Gasteiger partial charge in [-0.2, -0.15) is 0 Å². The molecule has 0 fully saturated rings. The van der Waals surface area contributed by atoms with Gasteiger partial charge in [0.2, 0.25) is 0 Å². The lowest BCUT2D eigenvalue weighted by atomic mass is 9.95. The van der Waals surface area contributed by atoms with E-state index in [4.69, 9.17) is 5.73 Å². The van der Waals surface area contributed by atoms with Gasteiger partial charge in [0.25, 0.3) is 0 Å². The van der Waals surface area contributed by atoms with Gasteiger partial charge in [-0.3, -0.25) is 0 Å². The number of nitrogens with two attached hydrogens (primary N) is 1. The predicted octanol–water partition coefficient (Wildman–Crippen LogP) is 2.73. The molecule has 102 valence electrons. The van der Waals surface area contributed by atoms with Crippen LogP contribution in [0.3, 0.4) is 0 Å². The molecule has 3 heteroatoms. The Kier molecular flexibility index (Phi) is 4.05. The molecule has 1 aromatic heterocycles. The SMILES string of the molecule is CC(C)(C)c1ncc(CCN)n1Cc1ccccc1. The van der Waals surface area contributed by atoms with Crippen LogP contribution in [0.1, 0.15) is 37.9 Å². The lowest BCUT2D eigenvalue weighted by Crippen LogP contribution is -2.21. The minimum Gasteiger partial charge on any atom is -0.330 e. The first-order valence-electron chi connectivity index (χ1n) is 6.81. The van der Waals surface area contributed by atoms with Gasteiger partial charge in [-0.25, -0.2) is 4.98 Å². The molecule has 3 nitrogen and oxygen atoms in total. The summed E-state index contributed by atoms with van der Waals surface area (Å²) in [6, 6.07) is 10.5. The summed E-state index contributed by atoms with van der Waals surface area (Å²) >= 11 is 0. The molecule has 1 heterocycles. The molecule has 2 N–H and O–H groups in total. The molecule has 19 heavy (non-hydrogen) atoms. The minimum absolute atomic E-state index is 0.0433. The summed E-state index contributed by atoms with van der Waals surface area (Å²) in [5.41, 5.74) is 8.26. The van der Waals surface area contributed by atoms with E-state index in [1.165, 1.54) is 11.3 Å². The fraction of sp³-hybridized carbons (Fsp3) is 0.438. The fourth-order valence-corrected chi connectivity index (χ4v) is 2.30. The van der Waals surface area contributed by atoms with E-state index in [1.807, 2.05) is 12.3 Å². The Hall–Kier alpha value is -1.61. The van der Waals surface area contributed by atoms with Gasteiger partial charge in [-0.05, 0) is 12.1 Å². The third-order valence-electron chi connectivity index (χ3n) is 3.19. The highest BCUT2D eigenvalue weighted by Crippen LogP contribution is 2.23. The highest BCUT2D eigenvalue weighted by Gasteiger charge is 2.22. The lowest BCUT2D eigenvalue weighted by Gasteiger charge is -2.21. The molecule has 1 aromatic carbocycles. The number of aromatic nitrogens is 2. The van der Waals surface area contributed by atoms with E-state index in [-0.39, 0.29) is 5.41 Å². The quantitative estimate of drug-likeness (QED) is 0.915. The van der Waals surface area contributed by atoms with Crippen LogP contribution in [0, 0.1) is 0 Å². The molecule has 0 radical (unpaired) electrons. The molecule has 0 aliphatic rings. The molecule has 0 saturated heterocycles. The average Bonchev–Trinajstić information content (AvgIpc) is 2.74. The van der Waals surface area contributed by atoms with Gasteiger partial charge < -0.3 is 10.3 Å². The van der Waals surface area contributed by atoms with Crippen molar-refractivity contribution < 1.29 is 0 Å². The van der Waals surface area contributed by atoms with E-state index in [0.717, 1.165) is 18.8 Å². The van der Waals surface area contributed by atoms with Gasteiger partial charge in [0.15, 0.2) is 0 Å². The second kappa shape index (κ2) is 5.57. The Bertz CT molecular complexity index is 521. The second-order valence-corrected chi connectivity index (χ2v) is 5.93. The number of hydrogen-bond donors (Lipinski definition) is 1. The smallest absolute Gasteiger partial charge is 0.114 e. The highest BCUT2D eigenvalue weighted by molar-refractivity contribution is 5.20. The summed E-state index contributed by atoms with van der Waals surface area (Å²) in [5.74, 6) is 1.12. The Morgan fingerprint density at radius 2 is 1.84 bits per heavy atom. The number of nitrogens with zero attached hydrogens (tertiary/aromatic N) is 2. The summed E-state index contributed by atoms with van der Waals surface area (Å²) in [5, 5.41) is 0. The van der Waals surface area contributed by atoms with Crippen LogP contribution in [0.2, 0.25) is 0 Å². The van der Waals surface area contributed by atoms with Crippen molar-refractivity contribution in [3.05, 3.63) is 53.6 Å². The predicted molar refractivity (Wildman–Crippen MR) is 79.2 cm³/mol. The van der Waals surface area contributed by atoms with Crippen LogP contribution in [0.25, 0.3) is 0 Å². The molecule has 0 amide bonds. The summed E-state index contributed by atoms with van der Waals surface area (Å²) in [7, 11) is 0. The van der Waals surface area contributed by atoms with E-state index in [0.29, 0.717) is 6.54 Å². The Balaban J connectivity index is 2.38. The van der Waals surface area contributed by atoms with Crippen molar-refractivity contribution in [1.29, 1.82) is 0 Å². The number of hydrogen-bond acceptors (Lipinski definition) is 2. The fourth-order valence-electron chi connectivity index (χ4n) is 2.30. The second-order valence-electron chi connectivity index (χ2n) is 5.93. The van der Waals surface area contributed by atoms with Crippen LogP contribution in [-0.4, -0.2) is 16.1 Å². The van der Waals surface area contributed by atoms with Crippen molar-refractivity contribution >= 4 is 0 Å². The van der Waals surface area contributed by atoms with Crippen molar-refractivity contribution in [3.8, 4) is 0 Å². The number of benzene rings is 1. The standard InChI is InChI=1S/C16H23N3/c1-16(2,3)15-18-11-14(9-10-17)19(15)12-13-7-5-4-6-8-13/h4-8,11H,9-10,12,17H2,1-3H3. The zero-order valence-electron chi connectivity index (χ0n) is 12.1. The monoisotopic (exact) mass is 257 g/mol. The third kappa shape index (κ3) is 3.24. The summed E-state index contributed by atoms with van der Waals surface area (Å²) in [6.07, 6.45) is 2.84. The van der Waals surface area contributed by atoms with E-state index >= 15 is 0 Å². The van der Waals surface area contributed by atoms with Crippen LogP contribution >= 0.6 is 0 Å². The van der Waals surface area contributed by atoms with E-state index < -0.39 is 0 Å². The maximum atomic E-state index is 5.70. The van der Waals surface area contributed by atoms with E-state index in [9.17, 15) is 0 Å². The van der Waals surface area contributed by atoms with Crippen LogP contribution in [0.4, 0.5) is 0 Å². The van der Waals surface area contributed by atoms with Crippen molar-refractivity contribution in [1.82, 2.24) is 9.55 Å². The normalized spacial score (nSPS) is 11.8. The van der Waals surface area contributed by atoms with Crippen LogP contribution in [-0.2, 0) is 18.4 Å². The van der Waals surface area contributed by atoms with Gasteiger partial charge in [0, 0.05) is 30.3 Å². The number of rotatable bonds is 4. The molecule has 0 bridgehead atoms. The molecule has 2 aromatic rings. The molecule has 0 aliphatic carbocycles. The largest absolute Gasteiger partial charge is 0.330 e. The van der Waals surface area contributed by atoms with Gasteiger partial charge >= 0.3 is 0 Å². The molecular weight excluding hydrogens is 234 g/mol. The molecular formula is C16H23N3. The van der Waals surface area contributed by atoms with Gasteiger partial charge in [-0.15, -0.1) is 0 Å². The Morgan fingerprint density at radius 3 is 2.42 bits per heavy atom. The Labute approximate surface area is 115 Å². The first-order chi connectivity index (χ1) is 9.02. The summed E-state index contributed by atoms with van der Waals surface area (Å²) in [6.45, 7) is 8.11. The van der Waals surface area contributed by atoms with Gasteiger partial charge in [0.05, 0.1) is 0 Å². The third-order valence-corrected chi connectivity index (χ3v) is 3.19. The topological polar surface area (TPSA) is 43.8 Å². The minimum atomic E-state index is 0.0433. The zero-order chi connectivity index (χ0) is 13.9. The first-order valence-corrected chi connectivity index (χ1v) is 6.81. The zero-order valence-corrected chi connectivity index (χ0v) is 12.1. The first kappa shape index (κ1) is 13.8. The molecule has 2 rings (SSSR count). The summed E-state index contributed by atoms with van der Waals surface area (Å²) < 4.78 is 2.31. The maximum Gasteiger partial charge on any atom is 0.114 e. The van der Waals surface area contributed by atoms with Crippen molar-refractivity contribution in [2.24, 2.45) is 5.73 Å². The van der Waals surface area contributed by atoms with Crippen LogP contribution in [0.5, 0.6) is 0 Å². The van der Waals surface area contributed by atoms with Gasteiger partial charge in [-0.1, -0.05) is 51.1 Å². The molecule has 0 atom stereocenters. The van der Waals surface area contributed by atoms with Crippen molar-refractivity contribution in [3.63, 3.8) is 0 Å². The molecule has 0 spiro atoms. The maximum absolute atomic E-state index is 5.70. The molecule has 0 aliphatic heterocycles. The summed E-state index contributed by atoms with van der Waals surface area (Å²) in [4.78, 5) is 4.61. The lowest BCUT2D eigenvalue weighted by molar-refractivity contribution is 0.505. The highest BCUT2D eigenvalue weighted by atomic mass is 15.1. The van der Waals surface area contributed by atoms with Gasteiger partial charge in [0.1, 0.15) is 5.82 Å². The Morgan fingerprint density at radius 1 is 1.16 bits per heavy atom. The molecule has 0 saturated carbocycles. The van der Waals surface area contributed by atoms with Crippen LogP contribution in [0.15, 0.2) is 36.5 Å². The average molecular weight is 257 g/mol. The van der Waals surface area contributed by atoms with E-state index in [1.54, 1.807) is 0 Å². The molecule has 0 unspecified atom stereocenters. The van der Waals surface area contributed by atoms with Crippen molar-refractivity contribution in [2.45, 2.75) is 39.2 Å².